The second-order valence-electron chi connectivity index (χ2n) is 3.44. The number of anilines is 1. The highest BCUT2D eigenvalue weighted by Crippen LogP contribution is 2.42. The average molecular weight is 227 g/mol. The van der Waals surface area contributed by atoms with Crippen LogP contribution in [0.3, 0.4) is 0 Å². The normalized spacial score (nSPS) is 18.7. The molecule has 1 aromatic carbocycles. The van der Waals surface area contributed by atoms with Gasteiger partial charge in [0.25, 0.3) is 0 Å². The molecule has 0 saturated heterocycles. The summed E-state index contributed by atoms with van der Waals surface area (Å²) in [7, 11) is 1.53. The van der Waals surface area contributed by atoms with Crippen LogP contribution >= 0.6 is 11.6 Å². The molecule has 1 heterocycles. The number of halogens is 1. The van der Waals surface area contributed by atoms with Gasteiger partial charge in [-0.2, -0.15) is 0 Å². The maximum absolute atomic E-state index is 11.4. The predicted molar refractivity (Wildman–Crippen MR) is 58.3 cm³/mol. The minimum Gasteiger partial charge on any atom is -0.495 e. The Bertz CT molecular complexity index is 446. The van der Waals surface area contributed by atoms with Crippen LogP contribution in [-0.2, 0) is 4.79 Å². The zero-order chi connectivity index (χ0) is 11.2. The van der Waals surface area contributed by atoms with Gasteiger partial charge >= 0.3 is 0 Å². The summed E-state index contributed by atoms with van der Waals surface area (Å²) in [6.45, 7) is 1.83. The second-order valence-corrected chi connectivity index (χ2v) is 3.85. The number of carbonyl (C=O) groups is 1. The molecule has 0 saturated carbocycles. The zero-order valence-corrected chi connectivity index (χ0v) is 9.18. The summed E-state index contributed by atoms with van der Waals surface area (Å²) in [5.74, 6) is 0.315. The van der Waals surface area contributed by atoms with E-state index in [1.807, 2.05) is 6.92 Å². The van der Waals surface area contributed by atoms with Crippen LogP contribution in [0.1, 0.15) is 17.2 Å². The highest BCUT2D eigenvalue weighted by molar-refractivity contribution is 6.32. The molecule has 0 aliphatic carbocycles. The van der Waals surface area contributed by atoms with Crippen LogP contribution in [-0.4, -0.2) is 13.0 Å². The Labute approximate surface area is 92.4 Å². The van der Waals surface area contributed by atoms with Gasteiger partial charge < -0.3 is 15.8 Å². The van der Waals surface area contributed by atoms with Crippen molar-refractivity contribution in [2.45, 2.75) is 13.0 Å². The third-order valence-corrected chi connectivity index (χ3v) is 2.99. The molecule has 80 valence electrons. The summed E-state index contributed by atoms with van der Waals surface area (Å²) in [4.78, 5) is 11.4. The molecule has 15 heavy (non-hydrogen) atoms. The van der Waals surface area contributed by atoms with Gasteiger partial charge in [-0.05, 0) is 12.5 Å². The van der Waals surface area contributed by atoms with E-state index in [1.165, 1.54) is 7.11 Å². The van der Waals surface area contributed by atoms with Gasteiger partial charge in [0.2, 0.25) is 5.91 Å². The lowest BCUT2D eigenvalue weighted by atomic mass is 10.0. The molecule has 0 fully saturated rings. The van der Waals surface area contributed by atoms with Gasteiger partial charge in [-0.25, -0.2) is 0 Å². The molecule has 3 N–H and O–H groups in total. The van der Waals surface area contributed by atoms with Crippen molar-refractivity contribution in [3.05, 3.63) is 22.2 Å². The standard InChI is InChI=1S/C10H11ClN2O2/c1-4-5(11)3-6(15-2)9-7(4)8(12)10(14)13-9/h3,8H,12H2,1-2H3,(H,13,14). The lowest BCUT2D eigenvalue weighted by Crippen LogP contribution is -2.20. The van der Waals surface area contributed by atoms with Crippen LogP contribution in [0.2, 0.25) is 5.02 Å². The molecule has 2 rings (SSSR count). The van der Waals surface area contributed by atoms with Gasteiger partial charge in [-0.1, -0.05) is 11.6 Å². The van der Waals surface area contributed by atoms with Gasteiger partial charge in [0.05, 0.1) is 12.8 Å². The maximum atomic E-state index is 11.4. The number of hydrogen-bond acceptors (Lipinski definition) is 3. The maximum Gasteiger partial charge on any atom is 0.246 e. The molecular formula is C10H11ClN2O2. The minimum absolute atomic E-state index is 0.228. The first kappa shape index (κ1) is 10.3. The van der Waals surface area contributed by atoms with E-state index in [2.05, 4.69) is 5.32 Å². The first-order valence-corrected chi connectivity index (χ1v) is 4.87. The lowest BCUT2D eigenvalue weighted by molar-refractivity contribution is -0.116. The molecule has 1 aliphatic heterocycles. The molecule has 0 spiro atoms. The number of nitrogens with one attached hydrogen (secondary N) is 1. The van der Waals surface area contributed by atoms with Gasteiger partial charge in [0.15, 0.2) is 0 Å². The highest BCUT2D eigenvalue weighted by Gasteiger charge is 2.32. The number of amides is 1. The Kier molecular flexibility index (Phi) is 2.32. The van der Waals surface area contributed by atoms with Gasteiger partial charge in [0.1, 0.15) is 11.8 Å². The predicted octanol–water partition coefficient (Wildman–Crippen LogP) is 1.61. The first-order chi connectivity index (χ1) is 7.06. The van der Waals surface area contributed by atoms with Crippen molar-refractivity contribution in [1.82, 2.24) is 0 Å². The quantitative estimate of drug-likeness (QED) is 0.765. The third kappa shape index (κ3) is 1.37. The van der Waals surface area contributed by atoms with Gasteiger partial charge in [-0.3, -0.25) is 4.79 Å². The van der Waals surface area contributed by atoms with Crippen molar-refractivity contribution in [3.8, 4) is 5.75 Å². The molecule has 0 aromatic heterocycles. The number of ether oxygens (including phenoxy) is 1. The topological polar surface area (TPSA) is 64.3 Å². The fraction of sp³-hybridized carbons (Fsp3) is 0.300. The Morgan fingerprint density at radius 1 is 1.60 bits per heavy atom. The second kappa shape index (κ2) is 3.40. The van der Waals surface area contributed by atoms with Crippen molar-refractivity contribution in [1.29, 1.82) is 0 Å². The van der Waals surface area contributed by atoms with E-state index in [-0.39, 0.29) is 5.91 Å². The third-order valence-electron chi connectivity index (χ3n) is 2.60. The Hall–Kier alpha value is -1.26. The van der Waals surface area contributed by atoms with Crippen LogP contribution in [0.5, 0.6) is 5.75 Å². The van der Waals surface area contributed by atoms with E-state index in [0.717, 1.165) is 11.1 Å². The summed E-state index contributed by atoms with van der Waals surface area (Å²) in [6, 6.07) is 1.02. The monoisotopic (exact) mass is 226 g/mol. The summed E-state index contributed by atoms with van der Waals surface area (Å²) >= 11 is 6.01. The minimum atomic E-state index is -0.660. The van der Waals surface area contributed by atoms with E-state index in [9.17, 15) is 4.79 Å². The van der Waals surface area contributed by atoms with Crippen LogP contribution < -0.4 is 15.8 Å². The number of hydrogen-bond donors (Lipinski definition) is 2. The number of fused-ring (bicyclic) bond motifs is 1. The zero-order valence-electron chi connectivity index (χ0n) is 8.43. The molecule has 4 nitrogen and oxygen atoms in total. The molecule has 1 amide bonds. The molecule has 5 heteroatoms. The number of rotatable bonds is 1. The molecule has 1 aliphatic rings. The summed E-state index contributed by atoms with van der Waals surface area (Å²) in [5, 5.41) is 3.24. The molecule has 0 radical (unpaired) electrons. The molecule has 1 atom stereocenters. The summed E-state index contributed by atoms with van der Waals surface area (Å²) in [6.07, 6.45) is 0. The SMILES string of the molecule is COc1cc(Cl)c(C)c2c1NC(=O)C2N. The summed E-state index contributed by atoms with van der Waals surface area (Å²) in [5.41, 5.74) is 7.94. The van der Waals surface area contributed by atoms with Crippen molar-refractivity contribution in [3.63, 3.8) is 0 Å². The highest BCUT2D eigenvalue weighted by atomic mass is 35.5. The van der Waals surface area contributed by atoms with E-state index >= 15 is 0 Å². The van der Waals surface area contributed by atoms with E-state index in [1.54, 1.807) is 6.07 Å². The van der Waals surface area contributed by atoms with Crippen LogP contribution in [0, 0.1) is 6.92 Å². The van der Waals surface area contributed by atoms with E-state index < -0.39 is 6.04 Å². The Morgan fingerprint density at radius 3 is 2.87 bits per heavy atom. The van der Waals surface area contributed by atoms with Crippen LogP contribution in [0.15, 0.2) is 6.07 Å². The molecular weight excluding hydrogens is 216 g/mol. The number of benzene rings is 1. The molecule has 0 bridgehead atoms. The lowest BCUT2D eigenvalue weighted by Gasteiger charge is -2.11. The number of methoxy groups -OCH3 is 1. The fourth-order valence-electron chi connectivity index (χ4n) is 1.76. The van der Waals surface area contributed by atoms with Gasteiger partial charge in [-0.15, -0.1) is 0 Å². The van der Waals surface area contributed by atoms with Crippen molar-refractivity contribution in [2.75, 3.05) is 12.4 Å². The molecule has 1 aromatic rings. The van der Waals surface area contributed by atoms with E-state index in [4.69, 9.17) is 22.1 Å². The first-order valence-electron chi connectivity index (χ1n) is 4.49. The smallest absolute Gasteiger partial charge is 0.246 e. The summed E-state index contributed by atoms with van der Waals surface area (Å²) < 4.78 is 5.13. The van der Waals surface area contributed by atoms with Crippen LogP contribution in [0.25, 0.3) is 0 Å². The number of nitrogens with two attached hydrogens (primary N) is 1. The van der Waals surface area contributed by atoms with E-state index in [0.29, 0.717) is 16.5 Å². The van der Waals surface area contributed by atoms with Crippen molar-refractivity contribution in [2.24, 2.45) is 5.73 Å². The Morgan fingerprint density at radius 2 is 2.27 bits per heavy atom. The fourth-order valence-corrected chi connectivity index (χ4v) is 1.96. The molecule has 1 unspecified atom stereocenters. The number of carbonyl (C=O) groups excluding carboxylic acids is 1. The van der Waals surface area contributed by atoms with Gasteiger partial charge in [0, 0.05) is 16.7 Å². The Balaban J connectivity index is 2.71. The van der Waals surface area contributed by atoms with Crippen molar-refractivity contribution < 1.29 is 9.53 Å². The van der Waals surface area contributed by atoms with Crippen LogP contribution in [0.4, 0.5) is 5.69 Å². The average Bonchev–Trinajstić information content (AvgIpc) is 2.50. The largest absolute Gasteiger partial charge is 0.495 e. The van der Waals surface area contributed by atoms with Crippen molar-refractivity contribution >= 4 is 23.2 Å².